The number of nitrogen functional groups attached to an aromatic ring is 1. The first-order valence-corrected chi connectivity index (χ1v) is 6.82. The Bertz CT molecular complexity index is 658. The van der Waals surface area contributed by atoms with E-state index in [1.165, 1.54) is 6.07 Å². The summed E-state index contributed by atoms with van der Waals surface area (Å²) >= 11 is 0. The van der Waals surface area contributed by atoms with Crippen LogP contribution >= 0.6 is 0 Å². The van der Waals surface area contributed by atoms with Crippen LogP contribution in [0.2, 0.25) is 0 Å². The van der Waals surface area contributed by atoms with E-state index in [0.29, 0.717) is 17.3 Å². The van der Waals surface area contributed by atoms with Crippen LogP contribution in [0.3, 0.4) is 0 Å². The maximum atomic E-state index is 13.5. The molecule has 110 valence electrons. The lowest BCUT2D eigenvalue weighted by molar-refractivity contribution is 0.436. The van der Waals surface area contributed by atoms with Crippen molar-refractivity contribution in [2.24, 2.45) is 0 Å². The topological polar surface area (TPSA) is 77.2 Å². The molecule has 0 bridgehead atoms. The number of hydrogen-bond donors (Lipinski definition) is 1. The molecule has 0 unspecified atom stereocenters. The zero-order valence-corrected chi connectivity index (χ0v) is 11.7. The third kappa shape index (κ3) is 3.01. The van der Waals surface area contributed by atoms with Gasteiger partial charge in [-0.05, 0) is 31.4 Å². The molecule has 3 rings (SSSR count). The molecule has 2 aromatic rings. The van der Waals surface area contributed by atoms with Crippen molar-refractivity contribution >= 4 is 11.9 Å². The van der Waals surface area contributed by atoms with Gasteiger partial charge in [-0.2, -0.15) is 15.0 Å². The van der Waals surface area contributed by atoms with Gasteiger partial charge in [0.05, 0.1) is 0 Å². The number of benzene rings is 1. The van der Waals surface area contributed by atoms with Crippen molar-refractivity contribution in [1.82, 2.24) is 15.0 Å². The van der Waals surface area contributed by atoms with Crippen LogP contribution < -0.4 is 15.4 Å². The number of nitrogens with zero attached hydrogens (tertiary/aromatic N) is 4. The highest BCUT2D eigenvalue weighted by molar-refractivity contribution is 5.38. The summed E-state index contributed by atoms with van der Waals surface area (Å²) in [6.07, 6.45) is 2.20. The van der Waals surface area contributed by atoms with Crippen LogP contribution in [-0.4, -0.2) is 28.0 Å². The second-order valence-corrected chi connectivity index (χ2v) is 4.98. The number of anilines is 2. The van der Waals surface area contributed by atoms with Crippen molar-refractivity contribution in [3.8, 4) is 11.8 Å². The molecule has 6 nitrogen and oxygen atoms in total. The molecular formula is C14H16FN5O. The predicted molar refractivity (Wildman–Crippen MR) is 76.9 cm³/mol. The second-order valence-electron chi connectivity index (χ2n) is 4.98. The summed E-state index contributed by atoms with van der Waals surface area (Å²) < 4.78 is 19.0. The molecule has 1 aliphatic heterocycles. The molecular weight excluding hydrogens is 273 g/mol. The van der Waals surface area contributed by atoms with Gasteiger partial charge in [0.25, 0.3) is 0 Å². The molecule has 0 atom stereocenters. The summed E-state index contributed by atoms with van der Waals surface area (Å²) in [5.74, 6) is 0.586. The van der Waals surface area contributed by atoms with E-state index in [1.54, 1.807) is 19.1 Å². The maximum Gasteiger partial charge on any atom is 0.328 e. The molecule has 2 heterocycles. The highest BCUT2D eigenvalue weighted by atomic mass is 19.1. The van der Waals surface area contributed by atoms with Crippen molar-refractivity contribution in [1.29, 1.82) is 0 Å². The van der Waals surface area contributed by atoms with E-state index in [1.807, 2.05) is 4.90 Å². The number of halogens is 1. The first-order chi connectivity index (χ1) is 10.1. The van der Waals surface area contributed by atoms with E-state index in [9.17, 15) is 4.39 Å². The van der Waals surface area contributed by atoms with Gasteiger partial charge in [-0.3, -0.25) is 0 Å². The SMILES string of the molecule is Cc1ccc(Oc2nc(N)nc(N3CCCC3)n2)cc1F. The van der Waals surface area contributed by atoms with Gasteiger partial charge in [0.1, 0.15) is 11.6 Å². The standard InChI is InChI=1S/C14H16FN5O/c1-9-4-5-10(8-11(9)15)21-14-18-12(16)17-13(19-14)20-6-2-3-7-20/h4-5,8H,2-3,6-7H2,1H3,(H2,16,17,18,19). The van der Waals surface area contributed by atoms with Crippen molar-refractivity contribution in [2.75, 3.05) is 23.7 Å². The number of hydrogen-bond acceptors (Lipinski definition) is 6. The van der Waals surface area contributed by atoms with Gasteiger partial charge in [-0.25, -0.2) is 4.39 Å². The van der Waals surface area contributed by atoms with E-state index in [-0.39, 0.29) is 17.8 Å². The summed E-state index contributed by atoms with van der Waals surface area (Å²) in [7, 11) is 0. The summed E-state index contributed by atoms with van der Waals surface area (Å²) in [5, 5.41) is 0. The number of aromatic nitrogens is 3. The average Bonchev–Trinajstić information content (AvgIpc) is 2.96. The molecule has 2 N–H and O–H groups in total. The fourth-order valence-electron chi connectivity index (χ4n) is 2.21. The first-order valence-electron chi connectivity index (χ1n) is 6.82. The monoisotopic (exact) mass is 289 g/mol. The van der Waals surface area contributed by atoms with Crippen LogP contribution in [-0.2, 0) is 0 Å². The molecule has 0 spiro atoms. The van der Waals surface area contributed by atoms with Crippen LogP contribution in [0.15, 0.2) is 18.2 Å². The molecule has 1 aromatic heterocycles. The first kappa shape index (κ1) is 13.5. The number of ether oxygens (including phenoxy) is 1. The van der Waals surface area contributed by atoms with E-state index in [2.05, 4.69) is 15.0 Å². The Morgan fingerprint density at radius 3 is 2.67 bits per heavy atom. The lowest BCUT2D eigenvalue weighted by atomic mass is 10.2. The van der Waals surface area contributed by atoms with Crippen molar-refractivity contribution in [2.45, 2.75) is 19.8 Å². The molecule has 21 heavy (non-hydrogen) atoms. The van der Waals surface area contributed by atoms with Crippen LogP contribution in [0.1, 0.15) is 18.4 Å². The molecule has 0 saturated carbocycles. The van der Waals surface area contributed by atoms with Crippen LogP contribution in [0.25, 0.3) is 0 Å². The quantitative estimate of drug-likeness (QED) is 0.934. The lowest BCUT2D eigenvalue weighted by Gasteiger charge is -2.15. The van der Waals surface area contributed by atoms with Gasteiger partial charge >= 0.3 is 6.01 Å². The van der Waals surface area contributed by atoms with Gasteiger partial charge in [0.2, 0.25) is 11.9 Å². The van der Waals surface area contributed by atoms with Gasteiger partial charge in [0, 0.05) is 19.2 Å². The Morgan fingerprint density at radius 1 is 1.19 bits per heavy atom. The summed E-state index contributed by atoms with van der Waals surface area (Å²) in [5.41, 5.74) is 6.24. The third-order valence-electron chi connectivity index (χ3n) is 3.36. The third-order valence-corrected chi connectivity index (χ3v) is 3.36. The van der Waals surface area contributed by atoms with Crippen LogP contribution in [0.5, 0.6) is 11.8 Å². The Kier molecular flexibility index (Phi) is 3.55. The highest BCUT2D eigenvalue weighted by Crippen LogP contribution is 2.23. The van der Waals surface area contributed by atoms with Crippen LogP contribution in [0, 0.1) is 12.7 Å². The van der Waals surface area contributed by atoms with E-state index in [4.69, 9.17) is 10.5 Å². The minimum Gasteiger partial charge on any atom is -0.424 e. The van der Waals surface area contributed by atoms with Crippen molar-refractivity contribution in [3.63, 3.8) is 0 Å². The molecule has 1 saturated heterocycles. The number of nitrogens with two attached hydrogens (primary N) is 1. The molecule has 1 aliphatic rings. The summed E-state index contributed by atoms with van der Waals surface area (Å²) in [6, 6.07) is 4.67. The van der Waals surface area contributed by atoms with Gasteiger partial charge < -0.3 is 15.4 Å². The summed E-state index contributed by atoms with van der Waals surface area (Å²) in [4.78, 5) is 14.3. The zero-order valence-electron chi connectivity index (χ0n) is 11.7. The van der Waals surface area contributed by atoms with Gasteiger partial charge in [-0.15, -0.1) is 0 Å². The van der Waals surface area contributed by atoms with Crippen molar-refractivity contribution < 1.29 is 9.13 Å². The Hall–Kier alpha value is -2.44. The van der Waals surface area contributed by atoms with Gasteiger partial charge in [0.15, 0.2) is 0 Å². The van der Waals surface area contributed by atoms with E-state index in [0.717, 1.165) is 25.9 Å². The Labute approximate surface area is 121 Å². The Morgan fingerprint density at radius 2 is 1.95 bits per heavy atom. The Balaban J connectivity index is 1.85. The van der Waals surface area contributed by atoms with Crippen LogP contribution in [0.4, 0.5) is 16.3 Å². The molecule has 0 aliphatic carbocycles. The predicted octanol–water partition coefficient (Wildman–Crippen LogP) is 2.29. The molecule has 0 amide bonds. The average molecular weight is 289 g/mol. The minimum absolute atomic E-state index is 0.0765. The smallest absolute Gasteiger partial charge is 0.328 e. The minimum atomic E-state index is -0.339. The fraction of sp³-hybridized carbons (Fsp3) is 0.357. The number of aryl methyl sites for hydroxylation is 1. The number of rotatable bonds is 3. The lowest BCUT2D eigenvalue weighted by Crippen LogP contribution is -2.21. The summed E-state index contributed by atoms with van der Waals surface area (Å²) in [6.45, 7) is 3.47. The van der Waals surface area contributed by atoms with E-state index < -0.39 is 0 Å². The maximum absolute atomic E-state index is 13.5. The normalized spacial score (nSPS) is 14.5. The molecule has 1 aromatic carbocycles. The molecule has 7 heteroatoms. The largest absolute Gasteiger partial charge is 0.424 e. The van der Waals surface area contributed by atoms with E-state index >= 15 is 0 Å². The molecule has 0 radical (unpaired) electrons. The highest BCUT2D eigenvalue weighted by Gasteiger charge is 2.17. The zero-order chi connectivity index (χ0) is 14.8. The molecule has 1 fully saturated rings. The van der Waals surface area contributed by atoms with Crippen molar-refractivity contribution in [3.05, 3.63) is 29.6 Å². The second kappa shape index (κ2) is 5.51. The van der Waals surface area contributed by atoms with Gasteiger partial charge in [-0.1, -0.05) is 6.07 Å². The fourth-order valence-corrected chi connectivity index (χ4v) is 2.21.